The molecule has 2 aliphatic heterocycles. The maximum absolute atomic E-state index is 11.5. The molecular weight excluding hydrogens is 252 g/mol. The Morgan fingerprint density at radius 3 is 2.95 bits per heavy atom. The number of carbonyl (C=O) groups excluding carboxylic acids is 1. The van der Waals surface area contributed by atoms with Crippen LogP contribution in [-0.4, -0.2) is 43.4 Å². The summed E-state index contributed by atoms with van der Waals surface area (Å²) in [6.07, 6.45) is 1.79. The second-order valence-electron chi connectivity index (χ2n) is 5.30. The van der Waals surface area contributed by atoms with Crippen molar-refractivity contribution in [2.24, 2.45) is 4.99 Å². The van der Waals surface area contributed by atoms with Crippen molar-refractivity contribution in [1.82, 2.24) is 10.2 Å². The van der Waals surface area contributed by atoms with Gasteiger partial charge < -0.3 is 15.1 Å². The Bertz CT molecular complexity index is 540. The average molecular weight is 272 g/mol. The molecule has 0 bridgehead atoms. The summed E-state index contributed by atoms with van der Waals surface area (Å²) in [5.41, 5.74) is 2.17. The highest BCUT2D eigenvalue weighted by molar-refractivity contribution is 5.99. The molecular formula is C15H20N4O. The van der Waals surface area contributed by atoms with Crippen molar-refractivity contribution in [2.45, 2.75) is 19.4 Å². The smallest absolute Gasteiger partial charge is 0.228 e. The lowest BCUT2D eigenvalue weighted by atomic mass is 10.1. The van der Waals surface area contributed by atoms with E-state index in [1.165, 1.54) is 5.56 Å². The fraction of sp³-hybridized carbons (Fsp3) is 0.467. The number of guanidine groups is 1. The largest absolute Gasteiger partial charge is 0.352 e. The van der Waals surface area contributed by atoms with Gasteiger partial charge in [0.25, 0.3) is 0 Å². The first-order valence-corrected chi connectivity index (χ1v) is 7.13. The molecule has 0 spiro atoms. The fourth-order valence-electron chi connectivity index (χ4n) is 2.51. The van der Waals surface area contributed by atoms with Gasteiger partial charge in [0.15, 0.2) is 5.96 Å². The number of hydrogen-bond donors (Lipinski definition) is 1. The Morgan fingerprint density at radius 1 is 1.35 bits per heavy atom. The van der Waals surface area contributed by atoms with Crippen LogP contribution < -0.4 is 10.2 Å². The predicted octanol–water partition coefficient (Wildman–Crippen LogP) is 1.20. The number of aliphatic imine (C=N–C) groups is 1. The van der Waals surface area contributed by atoms with E-state index in [1.807, 2.05) is 17.0 Å². The maximum Gasteiger partial charge on any atom is 0.228 e. The van der Waals surface area contributed by atoms with Crippen LogP contribution >= 0.6 is 0 Å². The van der Waals surface area contributed by atoms with Crippen LogP contribution in [0.4, 0.5) is 5.69 Å². The van der Waals surface area contributed by atoms with Crippen LogP contribution in [0.3, 0.4) is 0 Å². The Hall–Kier alpha value is -2.04. The molecule has 0 radical (unpaired) electrons. The Kier molecular flexibility index (Phi) is 3.58. The van der Waals surface area contributed by atoms with Gasteiger partial charge in [0.05, 0.1) is 0 Å². The highest BCUT2D eigenvalue weighted by atomic mass is 16.2. The zero-order chi connectivity index (χ0) is 13.9. The van der Waals surface area contributed by atoms with Crippen molar-refractivity contribution >= 4 is 17.6 Å². The molecule has 20 heavy (non-hydrogen) atoms. The summed E-state index contributed by atoms with van der Waals surface area (Å²) in [6.45, 7) is 3.52. The number of nitrogens with one attached hydrogen (secondary N) is 1. The first-order valence-electron chi connectivity index (χ1n) is 7.13. The van der Waals surface area contributed by atoms with Crippen LogP contribution in [0.25, 0.3) is 0 Å². The molecule has 1 N–H and O–H groups in total. The quantitative estimate of drug-likeness (QED) is 0.841. The molecule has 1 fully saturated rings. The molecule has 1 amide bonds. The summed E-state index contributed by atoms with van der Waals surface area (Å²) in [7, 11) is 2.06. The summed E-state index contributed by atoms with van der Waals surface area (Å²) < 4.78 is 0. The Labute approximate surface area is 119 Å². The number of hydrogen-bond acceptors (Lipinski definition) is 4. The van der Waals surface area contributed by atoms with Crippen molar-refractivity contribution in [3.63, 3.8) is 0 Å². The second-order valence-corrected chi connectivity index (χ2v) is 5.30. The van der Waals surface area contributed by atoms with Gasteiger partial charge in [0.2, 0.25) is 5.91 Å². The number of nitrogens with zero attached hydrogens (tertiary/aromatic N) is 3. The van der Waals surface area contributed by atoms with Gasteiger partial charge in [-0.05, 0) is 24.1 Å². The van der Waals surface area contributed by atoms with Crippen LogP contribution in [0.1, 0.15) is 18.4 Å². The van der Waals surface area contributed by atoms with Crippen LogP contribution in [-0.2, 0) is 11.3 Å². The summed E-state index contributed by atoms with van der Waals surface area (Å²) in [6, 6.07) is 8.15. The highest BCUT2D eigenvalue weighted by Crippen LogP contribution is 2.22. The van der Waals surface area contributed by atoms with Gasteiger partial charge in [-0.1, -0.05) is 12.1 Å². The van der Waals surface area contributed by atoms with Crippen LogP contribution in [0.2, 0.25) is 0 Å². The Morgan fingerprint density at radius 2 is 2.25 bits per heavy atom. The van der Waals surface area contributed by atoms with Crippen LogP contribution in [0, 0.1) is 0 Å². The third-order valence-corrected chi connectivity index (χ3v) is 3.80. The minimum atomic E-state index is 0.214. The summed E-state index contributed by atoms with van der Waals surface area (Å²) >= 11 is 0. The lowest BCUT2D eigenvalue weighted by molar-refractivity contribution is -0.122. The van der Waals surface area contributed by atoms with Crippen LogP contribution in [0.5, 0.6) is 0 Å². The standard InChI is InChI=1S/C15H20N4O/c1-18-8-3-7-16-15(18)17-11-12-4-2-5-13(10-12)19-9-6-14(19)20/h2,4-5,10H,3,6-9,11H2,1H3,(H,16,17). The molecule has 0 aliphatic carbocycles. The highest BCUT2D eigenvalue weighted by Gasteiger charge is 2.25. The van der Waals surface area contributed by atoms with Crippen LogP contribution in [0.15, 0.2) is 29.3 Å². The van der Waals surface area contributed by atoms with Gasteiger partial charge >= 0.3 is 0 Å². The molecule has 0 unspecified atom stereocenters. The van der Waals surface area contributed by atoms with Gasteiger partial charge in [0, 0.05) is 45.3 Å². The van der Waals surface area contributed by atoms with E-state index < -0.39 is 0 Å². The van der Waals surface area contributed by atoms with Gasteiger partial charge in [-0.2, -0.15) is 0 Å². The Balaban J connectivity index is 1.64. The molecule has 0 atom stereocenters. The molecule has 0 saturated carbocycles. The monoisotopic (exact) mass is 272 g/mol. The minimum absolute atomic E-state index is 0.214. The molecule has 3 rings (SSSR count). The zero-order valence-electron chi connectivity index (χ0n) is 11.8. The van der Waals surface area contributed by atoms with E-state index in [0.717, 1.165) is 44.2 Å². The van der Waals surface area contributed by atoms with Gasteiger partial charge in [-0.25, -0.2) is 0 Å². The van der Waals surface area contributed by atoms with Gasteiger partial charge in [-0.3, -0.25) is 9.79 Å². The predicted molar refractivity (Wildman–Crippen MR) is 79.8 cm³/mol. The van der Waals surface area contributed by atoms with Crippen molar-refractivity contribution in [1.29, 1.82) is 0 Å². The van der Waals surface area contributed by atoms with E-state index in [2.05, 4.69) is 34.4 Å². The number of β-lactam (4-membered cyclic amide) rings is 1. The van der Waals surface area contributed by atoms with E-state index >= 15 is 0 Å². The first kappa shape index (κ1) is 13.0. The lowest BCUT2D eigenvalue weighted by Gasteiger charge is -2.31. The maximum atomic E-state index is 11.5. The molecule has 1 aromatic carbocycles. The molecule has 2 heterocycles. The van der Waals surface area contributed by atoms with Crippen molar-refractivity contribution in [2.75, 3.05) is 31.6 Å². The normalized spacial score (nSPS) is 18.6. The van der Waals surface area contributed by atoms with E-state index in [1.54, 1.807) is 0 Å². The topological polar surface area (TPSA) is 47.9 Å². The number of amides is 1. The number of anilines is 1. The number of benzene rings is 1. The third-order valence-electron chi connectivity index (χ3n) is 3.80. The molecule has 0 aromatic heterocycles. The third kappa shape index (κ3) is 2.61. The SMILES string of the molecule is CN1CCCN=C1NCc1cccc(N2CCC2=O)c1. The number of carbonyl (C=O) groups is 1. The van der Waals surface area contributed by atoms with Crippen molar-refractivity contribution in [3.05, 3.63) is 29.8 Å². The number of rotatable bonds is 3. The summed E-state index contributed by atoms with van der Waals surface area (Å²) in [4.78, 5) is 19.9. The van der Waals surface area contributed by atoms with Crippen molar-refractivity contribution in [3.8, 4) is 0 Å². The van der Waals surface area contributed by atoms with E-state index in [4.69, 9.17) is 0 Å². The summed E-state index contributed by atoms with van der Waals surface area (Å²) in [5, 5.41) is 3.37. The molecule has 5 heteroatoms. The average Bonchev–Trinajstić information content (AvgIpc) is 2.45. The molecule has 1 saturated heterocycles. The fourth-order valence-corrected chi connectivity index (χ4v) is 2.51. The van der Waals surface area contributed by atoms with E-state index in [9.17, 15) is 4.79 Å². The second kappa shape index (κ2) is 5.53. The van der Waals surface area contributed by atoms with Gasteiger partial charge in [-0.15, -0.1) is 0 Å². The summed E-state index contributed by atoms with van der Waals surface area (Å²) in [5.74, 6) is 1.17. The van der Waals surface area contributed by atoms with Crippen molar-refractivity contribution < 1.29 is 4.79 Å². The first-order chi connectivity index (χ1) is 9.74. The van der Waals surface area contributed by atoms with Gasteiger partial charge in [0.1, 0.15) is 0 Å². The molecule has 5 nitrogen and oxygen atoms in total. The minimum Gasteiger partial charge on any atom is -0.352 e. The molecule has 2 aliphatic rings. The molecule has 106 valence electrons. The lowest BCUT2D eigenvalue weighted by Crippen LogP contribution is -2.43. The zero-order valence-corrected chi connectivity index (χ0v) is 11.8. The molecule has 1 aromatic rings. The van der Waals surface area contributed by atoms with E-state index in [0.29, 0.717) is 6.42 Å². The van der Waals surface area contributed by atoms with E-state index in [-0.39, 0.29) is 5.91 Å².